The molecule has 0 saturated heterocycles. The van der Waals surface area contributed by atoms with Gasteiger partial charge in [-0.15, -0.1) is 11.3 Å². The molecule has 1 N–H and O–H groups in total. The molecule has 6 heteroatoms. The fourth-order valence-electron chi connectivity index (χ4n) is 4.21. The molecule has 2 aromatic heterocycles. The molecule has 0 aliphatic heterocycles. The van der Waals surface area contributed by atoms with E-state index in [4.69, 9.17) is 0 Å². The summed E-state index contributed by atoms with van der Waals surface area (Å²) in [7, 11) is 0. The van der Waals surface area contributed by atoms with Crippen molar-refractivity contribution in [3.63, 3.8) is 0 Å². The molecule has 1 amide bonds. The number of hydrogen-bond acceptors (Lipinski definition) is 4. The molecule has 1 aliphatic carbocycles. The van der Waals surface area contributed by atoms with Gasteiger partial charge in [-0.25, -0.2) is 0 Å². The van der Waals surface area contributed by atoms with Crippen LogP contribution in [0, 0.1) is 36.5 Å². The lowest BCUT2D eigenvalue weighted by molar-refractivity contribution is -0.112. The van der Waals surface area contributed by atoms with Gasteiger partial charge in [-0.1, -0.05) is 0 Å². The van der Waals surface area contributed by atoms with Crippen molar-refractivity contribution in [2.45, 2.75) is 65.8 Å². The molecule has 3 rings (SSSR count). The minimum Gasteiger partial charge on any atom is -0.343 e. The van der Waals surface area contributed by atoms with Crippen LogP contribution in [0.3, 0.4) is 0 Å². The fourth-order valence-corrected chi connectivity index (χ4v) is 5.45. The molecule has 2 heterocycles. The third-order valence-electron chi connectivity index (χ3n) is 5.32. The van der Waals surface area contributed by atoms with Gasteiger partial charge in [0.15, 0.2) is 0 Å². The third-order valence-corrected chi connectivity index (χ3v) is 6.52. The highest BCUT2D eigenvalue weighted by Crippen LogP contribution is 2.37. The van der Waals surface area contributed by atoms with Crippen LogP contribution < -0.4 is 5.32 Å². The van der Waals surface area contributed by atoms with E-state index in [1.54, 1.807) is 6.08 Å². The summed E-state index contributed by atoms with van der Waals surface area (Å²) in [4.78, 5) is 14.0. The first-order chi connectivity index (χ1) is 13.7. The van der Waals surface area contributed by atoms with Gasteiger partial charge in [0.1, 0.15) is 22.7 Å². The van der Waals surface area contributed by atoms with Crippen LogP contribution >= 0.6 is 11.3 Å². The summed E-state index contributed by atoms with van der Waals surface area (Å²) in [6.07, 6.45) is 5.64. The Hall–Kier alpha value is -2.83. The van der Waals surface area contributed by atoms with E-state index in [1.807, 2.05) is 26.0 Å². The number of hydrogen-bond donors (Lipinski definition) is 1. The lowest BCUT2D eigenvalue weighted by atomic mass is 9.96. The number of carbonyl (C=O) groups is 1. The number of aromatic nitrogens is 1. The summed E-state index contributed by atoms with van der Waals surface area (Å²) in [6, 6.07) is 6.26. The average Bonchev–Trinajstić information content (AvgIpc) is 3.14. The Morgan fingerprint density at radius 2 is 1.93 bits per heavy atom. The van der Waals surface area contributed by atoms with E-state index in [2.05, 4.69) is 36.7 Å². The maximum atomic E-state index is 12.8. The highest BCUT2D eigenvalue weighted by molar-refractivity contribution is 7.16. The number of nitrogens with one attached hydrogen (secondary N) is 1. The smallest absolute Gasteiger partial charge is 0.266 e. The van der Waals surface area contributed by atoms with Crippen molar-refractivity contribution in [3.05, 3.63) is 44.6 Å². The second kappa shape index (κ2) is 7.89. The lowest BCUT2D eigenvalue weighted by Gasteiger charge is -2.25. The number of thiophene rings is 1. The minimum absolute atomic E-state index is 0.0365. The van der Waals surface area contributed by atoms with Crippen molar-refractivity contribution in [1.82, 2.24) is 4.57 Å². The molecule has 0 bridgehead atoms. The van der Waals surface area contributed by atoms with Crippen molar-refractivity contribution in [1.29, 1.82) is 10.5 Å². The van der Waals surface area contributed by atoms with Crippen molar-refractivity contribution in [2.24, 2.45) is 0 Å². The second-order valence-corrected chi connectivity index (χ2v) is 9.59. The first-order valence-corrected chi connectivity index (χ1v) is 10.7. The number of anilines is 1. The average molecular weight is 407 g/mol. The van der Waals surface area contributed by atoms with Crippen molar-refractivity contribution < 1.29 is 4.79 Å². The number of amides is 1. The number of nitrogens with zero attached hydrogens (tertiary/aromatic N) is 3. The van der Waals surface area contributed by atoms with Gasteiger partial charge in [-0.2, -0.15) is 10.5 Å². The van der Waals surface area contributed by atoms with Crippen LogP contribution in [0.4, 0.5) is 5.00 Å². The van der Waals surface area contributed by atoms with Crippen molar-refractivity contribution in [3.8, 4) is 12.1 Å². The highest BCUT2D eigenvalue weighted by Gasteiger charge is 2.23. The van der Waals surface area contributed by atoms with E-state index in [1.165, 1.54) is 16.2 Å². The summed E-state index contributed by atoms with van der Waals surface area (Å²) in [6.45, 7) is 10.4. The first-order valence-electron chi connectivity index (χ1n) is 9.84. The quantitative estimate of drug-likeness (QED) is 0.560. The number of carbonyl (C=O) groups excluding carboxylic acids is 1. The Bertz CT molecular complexity index is 1080. The van der Waals surface area contributed by atoms with E-state index in [0.717, 1.165) is 48.2 Å². The zero-order chi connectivity index (χ0) is 21.3. The molecule has 5 nitrogen and oxygen atoms in total. The molecule has 0 fully saturated rings. The summed E-state index contributed by atoms with van der Waals surface area (Å²) >= 11 is 1.47. The van der Waals surface area contributed by atoms with Gasteiger partial charge in [0, 0.05) is 21.8 Å². The molecule has 150 valence electrons. The summed E-state index contributed by atoms with van der Waals surface area (Å²) in [5.41, 5.74) is 4.52. The van der Waals surface area contributed by atoms with Gasteiger partial charge in [-0.05, 0) is 83.6 Å². The Kier molecular flexibility index (Phi) is 5.68. The third kappa shape index (κ3) is 3.99. The lowest BCUT2D eigenvalue weighted by Crippen LogP contribution is -2.24. The molecular weight excluding hydrogens is 380 g/mol. The van der Waals surface area contributed by atoms with Crippen LogP contribution in [-0.4, -0.2) is 10.5 Å². The number of rotatable bonds is 3. The zero-order valence-electron chi connectivity index (χ0n) is 17.6. The van der Waals surface area contributed by atoms with Gasteiger partial charge in [-0.3, -0.25) is 4.79 Å². The van der Waals surface area contributed by atoms with E-state index >= 15 is 0 Å². The molecule has 0 atom stereocenters. The molecule has 29 heavy (non-hydrogen) atoms. The fraction of sp³-hybridized carbons (Fsp3) is 0.435. The maximum Gasteiger partial charge on any atom is 0.266 e. The van der Waals surface area contributed by atoms with Crippen LogP contribution in [0.25, 0.3) is 6.08 Å². The van der Waals surface area contributed by atoms with Crippen LogP contribution in [0.2, 0.25) is 0 Å². The van der Waals surface area contributed by atoms with Gasteiger partial charge in [0.25, 0.3) is 5.91 Å². The monoisotopic (exact) mass is 406 g/mol. The van der Waals surface area contributed by atoms with Crippen molar-refractivity contribution in [2.75, 3.05) is 5.32 Å². The highest BCUT2D eigenvalue weighted by atomic mass is 32.1. The Labute approximate surface area is 176 Å². The zero-order valence-corrected chi connectivity index (χ0v) is 18.5. The maximum absolute atomic E-state index is 12.8. The van der Waals surface area contributed by atoms with Crippen LogP contribution in [0.5, 0.6) is 0 Å². The van der Waals surface area contributed by atoms with Gasteiger partial charge in [0.05, 0.1) is 5.56 Å². The van der Waals surface area contributed by atoms with Crippen molar-refractivity contribution >= 4 is 28.3 Å². The van der Waals surface area contributed by atoms with E-state index < -0.39 is 5.91 Å². The number of aryl methyl sites for hydroxylation is 2. The molecule has 0 aromatic carbocycles. The Morgan fingerprint density at radius 1 is 1.24 bits per heavy atom. The van der Waals surface area contributed by atoms with E-state index in [9.17, 15) is 15.3 Å². The normalized spacial score (nSPS) is 14.1. The minimum atomic E-state index is -0.469. The summed E-state index contributed by atoms with van der Waals surface area (Å²) in [5, 5.41) is 22.6. The number of fused-ring (bicyclic) bond motifs is 1. The second-order valence-electron chi connectivity index (χ2n) is 8.48. The SMILES string of the molecule is Cc1cc(/C=C(\C#N)C(=O)Nc2sc3c(c2C#N)CCCC3)c(C)n1C(C)(C)C. The van der Waals surface area contributed by atoms with E-state index in [0.29, 0.717) is 10.6 Å². The van der Waals surface area contributed by atoms with Gasteiger partial charge in [0.2, 0.25) is 0 Å². The predicted molar refractivity (Wildman–Crippen MR) is 117 cm³/mol. The van der Waals surface area contributed by atoms with E-state index in [-0.39, 0.29) is 11.1 Å². The molecule has 0 radical (unpaired) electrons. The first kappa shape index (κ1) is 20.9. The summed E-state index contributed by atoms with van der Waals surface area (Å²) in [5.74, 6) is -0.469. The Morgan fingerprint density at radius 3 is 2.52 bits per heavy atom. The van der Waals surface area contributed by atoms with Crippen LogP contribution in [-0.2, 0) is 23.2 Å². The largest absolute Gasteiger partial charge is 0.343 e. The van der Waals surface area contributed by atoms with Crippen LogP contribution in [0.1, 0.15) is 66.6 Å². The van der Waals surface area contributed by atoms with Gasteiger partial charge >= 0.3 is 0 Å². The molecular formula is C23H26N4OS. The van der Waals surface area contributed by atoms with Crippen LogP contribution in [0.15, 0.2) is 11.6 Å². The molecule has 0 unspecified atom stereocenters. The molecule has 1 aliphatic rings. The topological polar surface area (TPSA) is 81.6 Å². The molecule has 0 spiro atoms. The van der Waals surface area contributed by atoms with Gasteiger partial charge < -0.3 is 9.88 Å². The summed E-state index contributed by atoms with van der Waals surface area (Å²) < 4.78 is 2.20. The predicted octanol–water partition coefficient (Wildman–Crippen LogP) is 5.22. The number of nitriles is 2. The standard InChI is InChI=1S/C23H26N4OS/c1-14-10-16(15(2)27(14)23(3,4)5)11-17(12-24)21(28)26-22-19(13-25)18-8-6-7-9-20(18)29-22/h10-11H,6-9H2,1-5H3,(H,26,28)/b17-11+. The molecule has 0 saturated carbocycles. The Balaban J connectivity index is 1.93. The molecule has 2 aromatic rings.